The average Bonchev–Trinajstić information content (AvgIpc) is 2.75. The molecule has 0 aromatic carbocycles. The van der Waals surface area contributed by atoms with E-state index in [4.69, 9.17) is 9.47 Å². The number of hydrogen-bond acceptors (Lipinski definition) is 5. The van der Waals surface area contributed by atoms with Crippen LogP contribution in [0.15, 0.2) is 23.4 Å². The van der Waals surface area contributed by atoms with Crippen molar-refractivity contribution in [1.29, 1.82) is 0 Å². The molecule has 3 rings (SSSR count). The zero-order valence-corrected chi connectivity index (χ0v) is 9.86. The van der Waals surface area contributed by atoms with Crippen LogP contribution in [0, 0.1) is 0 Å². The fourth-order valence-corrected chi connectivity index (χ4v) is 1.96. The zero-order valence-electron chi connectivity index (χ0n) is 9.86. The smallest absolute Gasteiger partial charge is 0.350 e. The highest BCUT2D eigenvalue weighted by atomic mass is 16.7. The second-order valence-corrected chi connectivity index (χ2v) is 4.12. The van der Waals surface area contributed by atoms with E-state index in [0.29, 0.717) is 31.8 Å². The summed E-state index contributed by atoms with van der Waals surface area (Å²) in [5.41, 5.74) is 0.385. The fourth-order valence-electron chi connectivity index (χ4n) is 1.96. The molecule has 0 radical (unpaired) electrons. The Morgan fingerprint density at radius 2 is 2.22 bits per heavy atom. The monoisotopic (exact) mass is 250 g/mol. The zero-order chi connectivity index (χ0) is 12.4. The van der Waals surface area contributed by atoms with Gasteiger partial charge in [-0.05, 0) is 6.42 Å². The molecular weight excluding hydrogens is 236 g/mol. The number of hydrogen-bond donors (Lipinski definition) is 0. The van der Waals surface area contributed by atoms with Crippen LogP contribution in [0.3, 0.4) is 0 Å². The minimum Gasteiger partial charge on any atom is -0.353 e. The van der Waals surface area contributed by atoms with E-state index >= 15 is 0 Å². The Morgan fingerprint density at radius 3 is 3.00 bits per heavy atom. The molecule has 7 heteroatoms. The molecule has 1 fully saturated rings. The Hall–Kier alpha value is -1.73. The lowest BCUT2D eigenvalue weighted by Crippen LogP contribution is -2.28. The van der Waals surface area contributed by atoms with E-state index in [1.165, 1.54) is 9.08 Å². The first-order valence-electron chi connectivity index (χ1n) is 5.97. The largest absolute Gasteiger partial charge is 0.353 e. The highest BCUT2D eigenvalue weighted by Gasteiger charge is 2.15. The van der Waals surface area contributed by atoms with Crippen LogP contribution in [0.2, 0.25) is 0 Å². The van der Waals surface area contributed by atoms with E-state index in [0.717, 1.165) is 6.42 Å². The standard InChI is InChI=1S/C11H14N4O3/c16-11-14-5-3-12-8-9(14)13-15(11)4-2-10-17-6-1-7-18-10/h3,5,8,10H,1-2,4,6-7H2. The minimum atomic E-state index is -0.228. The molecule has 0 spiro atoms. The molecule has 0 N–H and O–H groups in total. The number of aryl methyl sites for hydroxylation is 1. The lowest BCUT2D eigenvalue weighted by Gasteiger charge is -2.22. The molecule has 0 unspecified atom stereocenters. The van der Waals surface area contributed by atoms with Gasteiger partial charge in [-0.3, -0.25) is 4.98 Å². The molecule has 96 valence electrons. The third kappa shape index (κ3) is 2.14. The first-order valence-corrected chi connectivity index (χ1v) is 5.97. The molecule has 2 aromatic rings. The van der Waals surface area contributed by atoms with Gasteiger partial charge in [0.25, 0.3) is 0 Å². The van der Waals surface area contributed by atoms with Crippen LogP contribution in [-0.4, -0.2) is 38.7 Å². The van der Waals surface area contributed by atoms with Crippen molar-refractivity contribution in [3.05, 3.63) is 29.1 Å². The van der Waals surface area contributed by atoms with Crippen molar-refractivity contribution in [3.63, 3.8) is 0 Å². The number of rotatable bonds is 3. The molecule has 18 heavy (non-hydrogen) atoms. The quantitative estimate of drug-likeness (QED) is 0.769. The van der Waals surface area contributed by atoms with E-state index in [1.54, 1.807) is 18.6 Å². The van der Waals surface area contributed by atoms with Crippen LogP contribution >= 0.6 is 0 Å². The molecule has 1 aliphatic rings. The van der Waals surface area contributed by atoms with Gasteiger partial charge in [-0.15, -0.1) is 5.10 Å². The van der Waals surface area contributed by atoms with Crippen molar-refractivity contribution >= 4 is 5.65 Å². The molecule has 0 saturated carbocycles. The Kier molecular flexibility index (Phi) is 3.07. The Labute approximate surface area is 103 Å². The lowest BCUT2D eigenvalue weighted by molar-refractivity contribution is -0.182. The van der Waals surface area contributed by atoms with Gasteiger partial charge in [0.15, 0.2) is 11.9 Å². The summed E-state index contributed by atoms with van der Waals surface area (Å²) in [6.45, 7) is 1.91. The summed E-state index contributed by atoms with van der Waals surface area (Å²) < 4.78 is 13.7. The summed E-state index contributed by atoms with van der Waals surface area (Å²) in [6, 6.07) is 0. The first kappa shape index (κ1) is 11.4. The molecule has 7 nitrogen and oxygen atoms in total. The summed E-state index contributed by atoms with van der Waals surface area (Å²) >= 11 is 0. The summed E-state index contributed by atoms with van der Waals surface area (Å²) in [5.74, 6) is 0. The second kappa shape index (κ2) is 4.87. The Balaban J connectivity index is 1.74. The Bertz CT molecular complexity index is 585. The molecule has 0 bridgehead atoms. The van der Waals surface area contributed by atoms with Crippen molar-refractivity contribution in [1.82, 2.24) is 19.2 Å². The maximum atomic E-state index is 12.0. The third-order valence-electron chi connectivity index (χ3n) is 2.86. The predicted molar refractivity (Wildman–Crippen MR) is 62.2 cm³/mol. The van der Waals surface area contributed by atoms with Gasteiger partial charge in [0.2, 0.25) is 0 Å². The van der Waals surface area contributed by atoms with E-state index in [2.05, 4.69) is 10.1 Å². The lowest BCUT2D eigenvalue weighted by atomic mass is 10.3. The minimum absolute atomic E-state index is 0.164. The van der Waals surface area contributed by atoms with E-state index < -0.39 is 0 Å². The maximum Gasteiger partial charge on any atom is 0.350 e. The number of ether oxygens (including phenoxy) is 2. The summed E-state index contributed by atoms with van der Waals surface area (Å²) in [5, 5.41) is 4.19. The van der Waals surface area contributed by atoms with Crippen LogP contribution in [0.25, 0.3) is 5.65 Å². The highest BCUT2D eigenvalue weighted by molar-refractivity contribution is 5.31. The maximum absolute atomic E-state index is 12.0. The van der Waals surface area contributed by atoms with Crippen molar-refractivity contribution in [2.24, 2.45) is 0 Å². The van der Waals surface area contributed by atoms with Crippen LogP contribution in [-0.2, 0) is 16.0 Å². The average molecular weight is 250 g/mol. The van der Waals surface area contributed by atoms with Gasteiger partial charge in [-0.25, -0.2) is 13.9 Å². The predicted octanol–water partition coefficient (Wildman–Crippen LogP) is 0.0441. The van der Waals surface area contributed by atoms with Gasteiger partial charge in [0, 0.05) is 18.8 Å². The molecule has 3 heterocycles. The van der Waals surface area contributed by atoms with Crippen molar-refractivity contribution in [2.75, 3.05) is 13.2 Å². The van der Waals surface area contributed by atoms with Gasteiger partial charge in [0.05, 0.1) is 26.0 Å². The van der Waals surface area contributed by atoms with Gasteiger partial charge < -0.3 is 9.47 Å². The van der Waals surface area contributed by atoms with E-state index in [-0.39, 0.29) is 12.0 Å². The second-order valence-electron chi connectivity index (χ2n) is 4.12. The molecule has 0 aliphatic carbocycles. The van der Waals surface area contributed by atoms with Crippen molar-refractivity contribution in [2.45, 2.75) is 25.7 Å². The number of nitrogens with zero attached hydrogens (tertiary/aromatic N) is 4. The summed E-state index contributed by atoms with van der Waals surface area (Å²) in [4.78, 5) is 15.9. The number of fused-ring (bicyclic) bond motifs is 1. The molecule has 1 saturated heterocycles. The third-order valence-corrected chi connectivity index (χ3v) is 2.86. The normalized spacial score (nSPS) is 17.3. The van der Waals surface area contributed by atoms with Crippen LogP contribution < -0.4 is 5.69 Å². The SMILES string of the molecule is O=c1n(CCC2OCCCO2)nc2cnccn12. The molecular formula is C11H14N4O3. The summed E-state index contributed by atoms with van der Waals surface area (Å²) in [7, 11) is 0. The topological polar surface area (TPSA) is 70.7 Å². The van der Waals surface area contributed by atoms with E-state index in [9.17, 15) is 4.79 Å². The van der Waals surface area contributed by atoms with Crippen LogP contribution in [0.5, 0.6) is 0 Å². The van der Waals surface area contributed by atoms with E-state index in [1.807, 2.05) is 0 Å². The highest BCUT2D eigenvalue weighted by Crippen LogP contribution is 2.09. The number of aromatic nitrogens is 4. The van der Waals surface area contributed by atoms with Gasteiger partial charge in [-0.2, -0.15) is 0 Å². The van der Waals surface area contributed by atoms with Crippen molar-refractivity contribution in [3.8, 4) is 0 Å². The van der Waals surface area contributed by atoms with Crippen molar-refractivity contribution < 1.29 is 9.47 Å². The first-order chi connectivity index (χ1) is 8.84. The molecule has 0 amide bonds. The van der Waals surface area contributed by atoms with Crippen LogP contribution in [0.1, 0.15) is 12.8 Å². The fraction of sp³-hybridized carbons (Fsp3) is 0.545. The van der Waals surface area contributed by atoms with Gasteiger partial charge in [-0.1, -0.05) is 0 Å². The van der Waals surface area contributed by atoms with Gasteiger partial charge in [0.1, 0.15) is 0 Å². The molecule has 1 aliphatic heterocycles. The van der Waals surface area contributed by atoms with Gasteiger partial charge >= 0.3 is 5.69 Å². The molecule has 2 aromatic heterocycles. The molecule has 0 atom stereocenters. The van der Waals surface area contributed by atoms with Crippen LogP contribution in [0.4, 0.5) is 0 Å². The summed E-state index contributed by atoms with van der Waals surface area (Å²) in [6.07, 6.45) is 6.05. The Morgan fingerprint density at radius 1 is 1.39 bits per heavy atom.